The Morgan fingerprint density at radius 2 is 2.00 bits per heavy atom. The molecule has 2 N–H and O–H groups in total. The maximum absolute atomic E-state index is 12.0. The van der Waals surface area contributed by atoms with Crippen molar-refractivity contribution in [3.05, 3.63) is 0 Å². The van der Waals surface area contributed by atoms with Gasteiger partial charge in [-0.05, 0) is 20.3 Å². The third-order valence-electron chi connectivity index (χ3n) is 2.95. The second-order valence-electron chi connectivity index (χ2n) is 4.58. The Balaban J connectivity index is 2.86. The van der Waals surface area contributed by atoms with Crippen LogP contribution in [0, 0.1) is 0 Å². The summed E-state index contributed by atoms with van der Waals surface area (Å²) in [6.45, 7) is 3.89. The first-order valence-electron chi connectivity index (χ1n) is 4.91. The van der Waals surface area contributed by atoms with E-state index in [2.05, 4.69) is 0 Å². The van der Waals surface area contributed by atoms with E-state index in [0.717, 1.165) is 12.7 Å². The summed E-state index contributed by atoms with van der Waals surface area (Å²) < 4.78 is 21.6. The Morgan fingerprint density at radius 1 is 1.47 bits per heavy atom. The minimum atomic E-state index is -3.39. The van der Waals surface area contributed by atoms with E-state index in [-0.39, 0.29) is 11.9 Å². The third kappa shape index (κ3) is 2.31. The summed E-state index contributed by atoms with van der Waals surface area (Å²) in [6, 6.07) is -0.0238. The maximum Gasteiger partial charge on any atom is 0.243 e. The van der Waals surface area contributed by atoms with Crippen molar-refractivity contribution in [3.63, 3.8) is 0 Å². The highest BCUT2D eigenvalue weighted by atomic mass is 32.2. The van der Waals surface area contributed by atoms with Gasteiger partial charge in [-0.25, -0.2) is 8.42 Å². The lowest BCUT2D eigenvalue weighted by atomic mass is 10.2. The minimum Gasteiger partial charge on any atom is -0.340 e. The molecule has 1 heterocycles. The average molecular weight is 234 g/mol. The van der Waals surface area contributed by atoms with Crippen molar-refractivity contribution in [2.45, 2.75) is 31.1 Å². The summed E-state index contributed by atoms with van der Waals surface area (Å²) in [6.07, 6.45) is 1.83. The van der Waals surface area contributed by atoms with E-state index in [9.17, 15) is 13.2 Å². The Hall–Kier alpha value is -0.620. The SMILES string of the molecule is CC(C)(C(=O)N1CCC(N)C1)S(C)(=O)=O. The molecule has 1 amide bonds. The van der Waals surface area contributed by atoms with Crippen LogP contribution >= 0.6 is 0 Å². The molecule has 6 heteroatoms. The number of hydrogen-bond acceptors (Lipinski definition) is 4. The van der Waals surface area contributed by atoms with E-state index >= 15 is 0 Å². The van der Waals surface area contributed by atoms with Gasteiger partial charge in [0.1, 0.15) is 4.75 Å². The van der Waals surface area contributed by atoms with Gasteiger partial charge in [0.05, 0.1) is 0 Å². The van der Waals surface area contributed by atoms with E-state index in [4.69, 9.17) is 5.73 Å². The summed E-state index contributed by atoms with van der Waals surface area (Å²) in [5, 5.41) is 0. The molecule has 0 aromatic carbocycles. The number of nitrogens with two attached hydrogens (primary N) is 1. The zero-order chi connectivity index (χ0) is 11.9. The van der Waals surface area contributed by atoms with Crippen LogP contribution in [0.2, 0.25) is 0 Å². The maximum atomic E-state index is 12.0. The lowest BCUT2D eigenvalue weighted by Crippen LogP contribution is -2.49. The molecule has 0 aromatic rings. The summed E-state index contributed by atoms with van der Waals surface area (Å²) in [4.78, 5) is 13.5. The Morgan fingerprint density at radius 3 is 2.33 bits per heavy atom. The van der Waals surface area contributed by atoms with Gasteiger partial charge in [-0.3, -0.25) is 4.79 Å². The largest absolute Gasteiger partial charge is 0.340 e. The van der Waals surface area contributed by atoms with E-state index in [1.807, 2.05) is 0 Å². The van der Waals surface area contributed by atoms with Crippen LogP contribution in [-0.2, 0) is 14.6 Å². The Kier molecular flexibility index (Phi) is 3.11. The number of amides is 1. The highest BCUT2D eigenvalue weighted by Gasteiger charge is 2.42. The molecule has 1 aliphatic rings. The number of carbonyl (C=O) groups is 1. The van der Waals surface area contributed by atoms with Crippen molar-refractivity contribution in [3.8, 4) is 0 Å². The quantitative estimate of drug-likeness (QED) is 0.690. The topological polar surface area (TPSA) is 80.5 Å². The average Bonchev–Trinajstić information content (AvgIpc) is 2.48. The van der Waals surface area contributed by atoms with Crippen LogP contribution in [0.5, 0.6) is 0 Å². The standard InChI is InChI=1S/C9H18N2O3S/c1-9(2,15(3,13)14)8(12)11-5-4-7(10)6-11/h7H,4-6,10H2,1-3H3. The monoisotopic (exact) mass is 234 g/mol. The van der Waals surface area contributed by atoms with Gasteiger partial charge in [-0.2, -0.15) is 0 Å². The molecule has 1 rings (SSSR count). The first-order valence-corrected chi connectivity index (χ1v) is 6.80. The predicted octanol–water partition coefficient (Wildman–Crippen LogP) is -0.631. The van der Waals surface area contributed by atoms with E-state index < -0.39 is 14.6 Å². The van der Waals surface area contributed by atoms with Crippen molar-refractivity contribution in [1.29, 1.82) is 0 Å². The van der Waals surface area contributed by atoms with Crippen molar-refractivity contribution >= 4 is 15.7 Å². The summed E-state index contributed by atoms with van der Waals surface area (Å²) in [5.74, 6) is -0.349. The van der Waals surface area contributed by atoms with Crippen molar-refractivity contribution < 1.29 is 13.2 Å². The van der Waals surface area contributed by atoms with Crippen molar-refractivity contribution in [2.24, 2.45) is 5.73 Å². The second kappa shape index (κ2) is 3.75. The lowest BCUT2D eigenvalue weighted by Gasteiger charge is -2.27. The molecule has 0 saturated carbocycles. The summed E-state index contributed by atoms with van der Waals surface area (Å²) in [7, 11) is -3.39. The predicted molar refractivity (Wildman–Crippen MR) is 58.1 cm³/mol. The number of likely N-dealkylation sites (tertiary alicyclic amines) is 1. The summed E-state index contributed by atoms with van der Waals surface area (Å²) >= 11 is 0. The third-order valence-corrected chi connectivity index (χ3v) is 4.98. The van der Waals surface area contributed by atoms with Crippen molar-refractivity contribution in [2.75, 3.05) is 19.3 Å². The molecule has 0 bridgehead atoms. The highest BCUT2D eigenvalue weighted by molar-refractivity contribution is 7.92. The van der Waals surface area contributed by atoms with Crippen LogP contribution in [0.25, 0.3) is 0 Å². The first-order chi connectivity index (χ1) is 6.66. The van der Waals surface area contributed by atoms with E-state index in [0.29, 0.717) is 13.1 Å². The van der Waals surface area contributed by atoms with Gasteiger partial charge in [0.25, 0.3) is 0 Å². The zero-order valence-electron chi connectivity index (χ0n) is 9.36. The van der Waals surface area contributed by atoms with Gasteiger partial charge in [0.2, 0.25) is 5.91 Å². The fourth-order valence-electron chi connectivity index (χ4n) is 1.51. The van der Waals surface area contributed by atoms with Gasteiger partial charge in [0, 0.05) is 25.4 Å². The molecule has 1 saturated heterocycles. The zero-order valence-corrected chi connectivity index (χ0v) is 10.2. The van der Waals surface area contributed by atoms with Crippen LogP contribution in [0.15, 0.2) is 0 Å². The molecule has 1 atom stereocenters. The van der Waals surface area contributed by atoms with Crippen LogP contribution in [-0.4, -0.2) is 49.4 Å². The Labute approximate surface area is 90.5 Å². The smallest absolute Gasteiger partial charge is 0.243 e. The molecular weight excluding hydrogens is 216 g/mol. The van der Waals surface area contributed by atoms with Crippen molar-refractivity contribution in [1.82, 2.24) is 4.90 Å². The molecule has 0 aromatic heterocycles. The number of nitrogens with zero attached hydrogens (tertiary/aromatic N) is 1. The van der Waals surface area contributed by atoms with Crippen LogP contribution in [0.1, 0.15) is 20.3 Å². The van der Waals surface area contributed by atoms with Crippen LogP contribution in [0.4, 0.5) is 0 Å². The summed E-state index contributed by atoms with van der Waals surface area (Å²) in [5.41, 5.74) is 5.67. The van der Waals surface area contributed by atoms with Gasteiger partial charge in [0.15, 0.2) is 9.84 Å². The number of sulfone groups is 1. The van der Waals surface area contributed by atoms with Gasteiger partial charge in [-0.1, -0.05) is 0 Å². The molecule has 1 aliphatic heterocycles. The van der Waals surface area contributed by atoms with E-state index in [1.165, 1.54) is 18.7 Å². The fraction of sp³-hybridized carbons (Fsp3) is 0.889. The molecule has 1 unspecified atom stereocenters. The molecule has 1 fully saturated rings. The Bertz CT molecular complexity index is 362. The van der Waals surface area contributed by atoms with Gasteiger partial charge >= 0.3 is 0 Å². The molecular formula is C9H18N2O3S. The van der Waals surface area contributed by atoms with Gasteiger partial charge < -0.3 is 10.6 Å². The number of rotatable bonds is 2. The van der Waals surface area contributed by atoms with Gasteiger partial charge in [-0.15, -0.1) is 0 Å². The molecule has 0 radical (unpaired) electrons. The second-order valence-corrected chi connectivity index (χ2v) is 7.15. The molecule has 88 valence electrons. The number of hydrogen-bond donors (Lipinski definition) is 1. The molecule has 15 heavy (non-hydrogen) atoms. The molecule has 5 nitrogen and oxygen atoms in total. The normalized spacial score (nSPS) is 23.2. The lowest BCUT2D eigenvalue weighted by molar-refractivity contribution is -0.132. The van der Waals surface area contributed by atoms with Crippen LogP contribution in [0.3, 0.4) is 0 Å². The van der Waals surface area contributed by atoms with Crippen LogP contribution < -0.4 is 5.73 Å². The fourth-order valence-corrected chi connectivity index (χ4v) is 1.96. The minimum absolute atomic E-state index is 0.0238. The number of carbonyl (C=O) groups excluding carboxylic acids is 1. The molecule has 0 aliphatic carbocycles. The van der Waals surface area contributed by atoms with E-state index in [1.54, 1.807) is 0 Å². The highest BCUT2D eigenvalue weighted by Crippen LogP contribution is 2.21. The molecule has 0 spiro atoms. The first kappa shape index (κ1) is 12.4.